The van der Waals surface area contributed by atoms with Crippen molar-refractivity contribution < 1.29 is 9.90 Å². The average molecular weight is 320 g/mol. The summed E-state index contributed by atoms with van der Waals surface area (Å²) >= 11 is 0. The second-order valence-corrected chi connectivity index (χ2v) is 6.46. The first-order valence-electron chi connectivity index (χ1n) is 8.62. The fraction of sp³-hybridized carbons (Fsp3) is 0.765. The Balaban J connectivity index is 1.93. The number of likely N-dealkylation sites (N-methyl/N-ethyl adjacent to an activating group) is 1. The quantitative estimate of drug-likeness (QED) is 0.599. The number of hydrogen-bond donors (Lipinski definition) is 1. The fourth-order valence-corrected chi connectivity index (χ4v) is 3.40. The number of β-amino-alcohol motifs (C(OH)–C–C–N with tert-alkyl or cyclic N) is 1. The molecule has 2 rings (SSSR count). The van der Waals surface area contributed by atoms with E-state index >= 15 is 0 Å². The van der Waals surface area contributed by atoms with Crippen molar-refractivity contribution >= 4 is 5.91 Å². The van der Waals surface area contributed by atoms with E-state index in [1.54, 1.807) is 11.1 Å². The van der Waals surface area contributed by atoms with Crippen molar-refractivity contribution in [2.24, 2.45) is 0 Å². The Morgan fingerprint density at radius 1 is 1.26 bits per heavy atom. The summed E-state index contributed by atoms with van der Waals surface area (Å²) in [4.78, 5) is 18.6. The summed E-state index contributed by atoms with van der Waals surface area (Å²) in [6, 6.07) is 2.35. The van der Waals surface area contributed by atoms with Gasteiger partial charge in [0.15, 0.2) is 0 Å². The van der Waals surface area contributed by atoms with Crippen LogP contribution in [0.4, 0.5) is 0 Å². The molecule has 1 saturated heterocycles. The van der Waals surface area contributed by atoms with Gasteiger partial charge in [0, 0.05) is 52.0 Å². The topological polar surface area (TPSA) is 70.8 Å². The molecule has 6 heteroatoms. The molecule has 1 saturated carbocycles. The molecule has 1 heterocycles. The van der Waals surface area contributed by atoms with Crippen molar-refractivity contribution in [1.82, 2.24) is 14.7 Å². The molecule has 128 valence electrons. The summed E-state index contributed by atoms with van der Waals surface area (Å²) in [6.07, 6.45) is 7.39. The molecule has 0 spiro atoms. The zero-order chi connectivity index (χ0) is 16.7. The van der Waals surface area contributed by atoms with Crippen LogP contribution in [-0.4, -0.2) is 78.1 Å². The van der Waals surface area contributed by atoms with Crippen molar-refractivity contribution in [2.75, 3.05) is 46.4 Å². The van der Waals surface area contributed by atoms with Gasteiger partial charge in [-0.1, -0.05) is 19.3 Å². The molecular weight excluding hydrogens is 292 g/mol. The molecule has 1 aliphatic carbocycles. The van der Waals surface area contributed by atoms with Crippen molar-refractivity contribution in [3.8, 4) is 6.07 Å². The number of amides is 1. The third kappa shape index (κ3) is 4.95. The third-order valence-electron chi connectivity index (χ3n) is 4.93. The molecule has 0 aromatic rings. The minimum atomic E-state index is -0.155. The van der Waals surface area contributed by atoms with Crippen LogP contribution in [0, 0.1) is 11.3 Å². The van der Waals surface area contributed by atoms with Gasteiger partial charge in [-0.2, -0.15) is 5.26 Å². The number of rotatable bonds is 5. The van der Waals surface area contributed by atoms with Crippen LogP contribution in [0.3, 0.4) is 0 Å². The number of nitriles is 1. The fourth-order valence-electron chi connectivity index (χ4n) is 3.40. The molecule has 2 fully saturated rings. The van der Waals surface area contributed by atoms with Crippen molar-refractivity contribution in [1.29, 1.82) is 5.26 Å². The van der Waals surface area contributed by atoms with Crippen LogP contribution in [0.25, 0.3) is 0 Å². The zero-order valence-corrected chi connectivity index (χ0v) is 14.1. The Morgan fingerprint density at radius 3 is 2.48 bits per heavy atom. The number of piperazine rings is 1. The summed E-state index contributed by atoms with van der Waals surface area (Å²) < 4.78 is 0. The minimum absolute atomic E-state index is 0.155. The van der Waals surface area contributed by atoms with E-state index < -0.39 is 0 Å². The van der Waals surface area contributed by atoms with Crippen LogP contribution in [-0.2, 0) is 4.79 Å². The van der Waals surface area contributed by atoms with E-state index in [1.807, 2.05) is 11.9 Å². The Hall–Kier alpha value is -1.58. The molecular formula is C17H28N4O2. The van der Waals surface area contributed by atoms with Crippen LogP contribution in [0.5, 0.6) is 0 Å². The van der Waals surface area contributed by atoms with Crippen LogP contribution in [0.15, 0.2) is 11.8 Å². The summed E-state index contributed by atoms with van der Waals surface area (Å²) in [5, 5.41) is 18.3. The number of nitrogens with zero attached hydrogens (tertiary/aromatic N) is 4. The maximum atomic E-state index is 12.6. The molecule has 23 heavy (non-hydrogen) atoms. The maximum Gasteiger partial charge on any atom is 0.265 e. The molecule has 0 unspecified atom stereocenters. The van der Waals surface area contributed by atoms with E-state index in [0.717, 1.165) is 39.0 Å². The zero-order valence-electron chi connectivity index (χ0n) is 14.1. The van der Waals surface area contributed by atoms with Gasteiger partial charge in [0.2, 0.25) is 0 Å². The Labute approximate surface area is 139 Å². The summed E-state index contributed by atoms with van der Waals surface area (Å²) in [7, 11) is 1.82. The highest BCUT2D eigenvalue weighted by Crippen LogP contribution is 2.22. The van der Waals surface area contributed by atoms with Gasteiger partial charge in [0.25, 0.3) is 5.91 Å². The van der Waals surface area contributed by atoms with Gasteiger partial charge in [-0.25, -0.2) is 0 Å². The molecule has 0 aromatic carbocycles. The van der Waals surface area contributed by atoms with Gasteiger partial charge in [0.1, 0.15) is 11.6 Å². The summed E-state index contributed by atoms with van der Waals surface area (Å²) in [5.74, 6) is -0.155. The average Bonchev–Trinajstić information content (AvgIpc) is 2.61. The lowest BCUT2D eigenvalue weighted by Gasteiger charge is -2.34. The van der Waals surface area contributed by atoms with E-state index in [0.29, 0.717) is 6.54 Å². The Bertz CT molecular complexity index is 458. The number of carbonyl (C=O) groups excluding carboxylic acids is 1. The van der Waals surface area contributed by atoms with Gasteiger partial charge in [-0.05, 0) is 12.8 Å². The Morgan fingerprint density at radius 2 is 1.91 bits per heavy atom. The lowest BCUT2D eigenvalue weighted by Crippen LogP contribution is -2.45. The second-order valence-electron chi connectivity index (χ2n) is 6.46. The molecule has 0 bridgehead atoms. The predicted molar refractivity (Wildman–Crippen MR) is 88.4 cm³/mol. The molecule has 0 aromatic heterocycles. The highest BCUT2D eigenvalue weighted by Gasteiger charge is 2.25. The summed E-state index contributed by atoms with van der Waals surface area (Å²) in [5.41, 5.74) is 0.230. The van der Waals surface area contributed by atoms with Crippen LogP contribution in [0.1, 0.15) is 32.1 Å². The van der Waals surface area contributed by atoms with Gasteiger partial charge in [0.05, 0.1) is 6.61 Å². The van der Waals surface area contributed by atoms with E-state index in [4.69, 9.17) is 5.11 Å². The monoisotopic (exact) mass is 320 g/mol. The van der Waals surface area contributed by atoms with Crippen LogP contribution in [0.2, 0.25) is 0 Å². The number of hydrogen-bond acceptors (Lipinski definition) is 5. The highest BCUT2D eigenvalue weighted by molar-refractivity contribution is 5.97. The first-order chi connectivity index (χ1) is 11.2. The summed E-state index contributed by atoms with van der Waals surface area (Å²) in [6.45, 7) is 4.12. The normalized spacial score (nSPS) is 21.1. The van der Waals surface area contributed by atoms with Gasteiger partial charge < -0.3 is 14.9 Å². The van der Waals surface area contributed by atoms with Gasteiger partial charge >= 0.3 is 0 Å². The molecule has 2 aliphatic rings. The SMILES string of the molecule is CN(C(=O)/C(C#N)=C\N1CCN(CCO)CC1)C1CCCCC1. The molecule has 0 atom stereocenters. The number of aliphatic hydroxyl groups excluding tert-OH is 1. The molecule has 1 amide bonds. The lowest BCUT2D eigenvalue weighted by molar-refractivity contribution is -0.128. The molecule has 1 N–H and O–H groups in total. The van der Waals surface area contributed by atoms with E-state index in [1.165, 1.54) is 19.3 Å². The van der Waals surface area contributed by atoms with Crippen molar-refractivity contribution in [2.45, 2.75) is 38.1 Å². The Kier molecular flexibility index (Phi) is 6.87. The first kappa shape index (κ1) is 17.8. The van der Waals surface area contributed by atoms with Crippen LogP contribution >= 0.6 is 0 Å². The van der Waals surface area contributed by atoms with E-state index in [-0.39, 0.29) is 24.1 Å². The largest absolute Gasteiger partial charge is 0.395 e. The molecule has 0 radical (unpaired) electrons. The van der Waals surface area contributed by atoms with E-state index in [9.17, 15) is 10.1 Å². The maximum absolute atomic E-state index is 12.6. The van der Waals surface area contributed by atoms with Crippen molar-refractivity contribution in [3.63, 3.8) is 0 Å². The van der Waals surface area contributed by atoms with Crippen LogP contribution < -0.4 is 0 Å². The number of carbonyl (C=O) groups is 1. The number of aliphatic hydroxyl groups is 1. The van der Waals surface area contributed by atoms with E-state index in [2.05, 4.69) is 11.0 Å². The smallest absolute Gasteiger partial charge is 0.265 e. The predicted octanol–water partition coefficient (Wildman–Crippen LogP) is 0.795. The lowest BCUT2D eigenvalue weighted by atomic mass is 9.94. The van der Waals surface area contributed by atoms with Gasteiger partial charge in [-0.15, -0.1) is 0 Å². The highest BCUT2D eigenvalue weighted by atomic mass is 16.3. The van der Waals surface area contributed by atoms with Crippen molar-refractivity contribution in [3.05, 3.63) is 11.8 Å². The minimum Gasteiger partial charge on any atom is -0.395 e. The second kappa shape index (κ2) is 8.90. The first-order valence-corrected chi connectivity index (χ1v) is 8.62. The third-order valence-corrected chi connectivity index (χ3v) is 4.93. The molecule has 1 aliphatic heterocycles. The standard InChI is InChI=1S/C17H28N4O2/c1-19(16-5-3-2-4-6-16)17(23)15(13-18)14-21-9-7-20(8-10-21)11-12-22/h14,16,22H,2-12H2,1H3/b15-14-. The van der Waals surface area contributed by atoms with Gasteiger partial charge in [-0.3, -0.25) is 9.69 Å². The molecule has 6 nitrogen and oxygen atoms in total.